The number of hydrogen-bond donors (Lipinski definition) is 2. The van der Waals surface area contributed by atoms with Crippen molar-refractivity contribution in [3.63, 3.8) is 0 Å². The maximum Gasteiger partial charge on any atom is 0.258 e. The van der Waals surface area contributed by atoms with Crippen LogP contribution in [0, 0.1) is 5.92 Å². The maximum absolute atomic E-state index is 12.7. The Hall–Kier alpha value is -2.13. The molecule has 0 saturated carbocycles. The third-order valence-corrected chi connectivity index (χ3v) is 6.76. The van der Waals surface area contributed by atoms with Gasteiger partial charge in [-0.15, -0.1) is 0 Å². The van der Waals surface area contributed by atoms with Gasteiger partial charge in [-0.1, -0.05) is 13.8 Å². The van der Waals surface area contributed by atoms with Crippen LogP contribution in [0.2, 0.25) is 0 Å². The van der Waals surface area contributed by atoms with E-state index in [1.807, 2.05) is 6.92 Å². The summed E-state index contributed by atoms with van der Waals surface area (Å²) in [6, 6.07) is 3.98. The summed E-state index contributed by atoms with van der Waals surface area (Å²) in [4.78, 5) is 23.9. The number of benzene rings is 1. The van der Waals surface area contributed by atoms with E-state index in [1.165, 1.54) is 22.5 Å². The lowest BCUT2D eigenvalue weighted by molar-refractivity contribution is -0.123. The Bertz CT molecular complexity index is 833. The Morgan fingerprint density at radius 1 is 1.17 bits per heavy atom. The zero-order chi connectivity index (χ0) is 21.6. The highest BCUT2D eigenvalue weighted by Crippen LogP contribution is 2.26. The molecule has 0 aromatic heterocycles. The Morgan fingerprint density at radius 2 is 1.83 bits per heavy atom. The van der Waals surface area contributed by atoms with Crippen LogP contribution < -0.4 is 15.8 Å². The predicted octanol–water partition coefficient (Wildman–Crippen LogP) is 1.89. The highest BCUT2D eigenvalue weighted by atomic mass is 32.2. The first-order valence-corrected chi connectivity index (χ1v) is 11.4. The number of carbonyl (C=O) groups excluding carboxylic acids is 2. The number of nitrogens with zero attached hydrogens (tertiary/aromatic N) is 1. The average molecular weight is 426 g/mol. The fourth-order valence-electron chi connectivity index (χ4n) is 3.18. The molecule has 29 heavy (non-hydrogen) atoms. The molecule has 2 rings (SSSR count). The third-order valence-electron chi connectivity index (χ3n) is 4.86. The first-order chi connectivity index (χ1) is 13.6. The van der Waals surface area contributed by atoms with E-state index >= 15 is 0 Å². The van der Waals surface area contributed by atoms with Gasteiger partial charge in [-0.2, -0.15) is 4.31 Å². The standard InChI is InChI=1S/C20H31N3O5S/c1-14(2)6-7-15(3)22-19(24)13-28-18-9-8-16(12-17(18)20(21)25)29(26,27)23-10-4-5-11-23/h8-9,12,14-15H,4-7,10-11,13H2,1-3H3,(H2,21,25)(H,22,24)/t15-/m1/s1. The molecule has 3 N–H and O–H groups in total. The van der Waals surface area contributed by atoms with Crippen molar-refractivity contribution in [2.45, 2.75) is 57.4 Å². The summed E-state index contributed by atoms with van der Waals surface area (Å²) >= 11 is 0. The topological polar surface area (TPSA) is 119 Å². The second-order valence-corrected chi connectivity index (χ2v) is 9.80. The van der Waals surface area contributed by atoms with Crippen molar-refractivity contribution < 1.29 is 22.7 Å². The molecule has 1 saturated heterocycles. The van der Waals surface area contributed by atoms with Crippen molar-refractivity contribution in [3.05, 3.63) is 23.8 Å². The molecule has 0 unspecified atom stereocenters. The number of sulfonamides is 1. The van der Waals surface area contributed by atoms with Crippen LogP contribution in [0.15, 0.2) is 23.1 Å². The van der Waals surface area contributed by atoms with Crippen molar-refractivity contribution in [2.24, 2.45) is 11.7 Å². The van der Waals surface area contributed by atoms with Gasteiger partial charge in [0, 0.05) is 19.1 Å². The first kappa shape index (κ1) is 23.2. The first-order valence-electron chi connectivity index (χ1n) is 9.97. The Labute approximate surface area is 172 Å². The van der Waals surface area contributed by atoms with Gasteiger partial charge in [-0.3, -0.25) is 9.59 Å². The Kier molecular flexibility index (Phi) is 8.04. The fraction of sp³-hybridized carbons (Fsp3) is 0.600. The highest BCUT2D eigenvalue weighted by Gasteiger charge is 2.28. The van der Waals surface area contributed by atoms with E-state index < -0.39 is 15.9 Å². The molecule has 8 nitrogen and oxygen atoms in total. The monoisotopic (exact) mass is 425 g/mol. The summed E-state index contributed by atoms with van der Waals surface area (Å²) in [5.41, 5.74) is 5.34. The van der Waals surface area contributed by atoms with E-state index in [0.717, 1.165) is 25.7 Å². The Balaban J connectivity index is 2.05. The van der Waals surface area contributed by atoms with Crippen LogP contribution in [0.3, 0.4) is 0 Å². The maximum atomic E-state index is 12.7. The van der Waals surface area contributed by atoms with Crippen LogP contribution >= 0.6 is 0 Å². The summed E-state index contributed by atoms with van der Waals surface area (Å²) in [7, 11) is -3.68. The van der Waals surface area contributed by atoms with Crippen LogP contribution in [0.25, 0.3) is 0 Å². The molecule has 1 aromatic rings. The lowest BCUT2D eigenvalue weighted by atomic mass is 10.0. The molecular weight excluding hydrogens is 394 g/mol. The van der Waals surface area contributed by atoms with E-state index in [9.17, 15) is 18.0 Å². The molecule has 0 aliphatic carbocycles. The van der Waals surface area contributed by atoms with Gasteiger partial charge in [0.2, 0.25) is 10.0 Å². The SMILES string of the molecule is CC(C)CC[C@@H](C)NC(=O)COc1ccc(S(=O)(=O)N2CCCC2)cc1C(N)=O. The van der Waals surface area contributed by atoms with Crippen molar-refractivity contribution >= 4 is 21.8 Å². The molecule has 9 heteroatoms. The van der Waals surface area contributed by atoms with Gasteiger partial charge in [0.05, 0.1) is 10.5 Å². The van der Waals surface area contributed by atoms with E-state index in [0.29, 0.717) is 19.0 Å². The molecule has 0 radical (unpaired) electrons. The van der Waals surface area contributed by atoms with Gasteiger partial charge in [-0.25, -0.2) is 8.42 Å². The molecule has 0 spiro atoms. The van der Waals surface area contributed by atoms with E-state index in [2.05, 4.69) is 19.2 Å². The molecule has 2 amide bonds. The summed E-state index contributed by atoms with van der Waals surface area (Å²) in [5, 5.41) is 2.84. The number of primary amides is 1. The molecular formula is C20H31N3O5S. The number of ether oxygens (including phenoxy) is 1. The minimum atomic E-state index is -3.68. The normalized spacial score (nSPS) is 16.0. The summed E-state index contributed by atoms with van der Waals surface area (Å²) in [6.45, 7) is 6.80. The van der Waals surface area contributed by atoms with Crippen molar-refractivity contribution in [1.82, 2.24) is 9.62 Å². The van der Waals surface area contributed by atoms with E-state index in [4.69, 9.17) is 10.5 Å². The number of nitrogens with one attached hydrogen (secondary N) is 1. The molecule has 1 fully saturated rings. The molecule has 162 valence electrons. The van der Waals surface area contributed by atoms with E-state index in [-0.39, 0.29) is 34.8 Å². The third kappa shape index (κ3) is 6.43. The minimum Gasteiger partial charge on any atom is -0.483 e. The van der Waals surface area contributed by atoms with Crippen LogP contribution in [-0.2, 0) is 14.8 Å². The van der Waals surface area contributed by atoms with Gasteiger partial charge in [0.15, 0.2) is 6.61 Å². The molecule has 1 aliphatic heterocycles. The van der Waals surface area contributed by atoms with Crippen LogP contribution in [0.5, 0.6) is 5.75 Å². The van der Waals surface area contributed by atoms with Crippen molar-refractivity contribution in [3.8, 4) is 5.75 Å². The molecule has 1 aliphatic rings. The fourth-order valence-corrected chi connectivity index (χ4v) is 4.72. The van der Waals surface area contributed by atoms with Gasteiger partial charge < -0.3 is 15.8 Å². The van der Waals surface area contributed by atoms with Crippen LogP contribution in [0.1, 0.15) is 56.8 Å². The lowest BCUT2D eigenvalue weighted by Crippen LogP contribution is -2.36. The van der Waals surface area contributed by atoms with Crippen molar-refractivity contribution in [2.75, 3.05) is 19.7 Å². The Morgan fingerprint density at radius 3 is 2.41 bits per heavy atom. The average Bonchev–Trinajstić information content (AvgIpc) is 3.20. The molecule has 1 atom stereocenters. The number of rotatable bonds is 10. The van der Waals surface area contributed by atoms with Gasteiger partial charge in [0.1, 0.15) is 5.75 Å². The summed E-state index contributed by atoms with van der Waals surface area (Å²) < 4.78 is 32.2. The molecule has 1 aromatic carbocycles. The number of hydrogen-bond acceptors (Lipinski definition) is 5. The smallest absolute Gasteiger partial charge is 0.258 e. The molecule has 1 heterocycles. The summed E-state index contributed by atoms with van der Waals surface area (Å²) in [5.74, 6) is -0.489. The van der Waals surface area contributed by atoms with Gasteiger partial charge in [0.25, 0.3) is 11.8 Å². The second kappa shape index (κ2) is 10.1. The van der Waals surface area contributed by atoms with Gasteiger partial charge in [-0.05, 0) is 56.7 Å². The summed E-state index contributed by atoms with van der Waals surface area (Å²) in [6.07, 6.45) is 3.49. The largest absolute Gasteiger partial charge is 0.483 e. The number of carbonyl (C=O) groups is 2. The lowest BCUT2D eigenvalue weighted by Gasteiger charge is -2.18. The second-order valence-electron chi connectivity index (χ2n) is 7.86. The zero-order valence-electron chi connectivity index (χ0n) is 17.3. The quantitative estimate of drug-likeness (QED) is 0.593. The van der Waals surface area contributed by atoms with E-state index in [1.54, 1.807) is 0 Å². The predicted molar refractivity (Wildman–Crippen MR) is 110 cm³/mol. The minimum absolute atomic E-state index is 0.00712. The van der Waals surface area contributed by atoms with Crippen LogP contribution in [-0.4, -0.2) is 50.3 Å². The highest BCUT2D eigenvalue weighted by molar-refractivity contribution is 7.89. The number of amides is 2. The zero-order valence-corrected chi connectivity index (χ0v) is 18.1. The molecule has 0 bridgehead atoms. The van der Waals surface area contributed by atoms with Crippen molar-refractivity contribution in [1.29, 1.82) is 0 Å². The number of nitrogens with two attached hydrogens (primary N) is 1. The van der Waals surface area contributed by atoms with Gasteiger partial charge >= 0.3 is 0 Å². The van der Waals surface area contributed by atoms with Crippen LogP contribution in [0.4, 0.5) is 0 Å².